The molecule has 1 aliphatic rings. The van der Waals surface area contributed by atoms with Crippen LogP contribution in [-0.4, -0.2) is 28.2 Å². The van der Waals surface area contributed by atoms with Crippen LogP contribution in [0.3, 0.4) is 0 Å². The van der Waals surface area contributed by atoms with Crippen molar-refractivity contribution in [2.45, 2.75) is 79.8 Å². The van der Waals surface area contributed by atoms with Gasteiger partial charge in [-0.25, -0.2) is 0 Å². The van der Waals surface area contributed by atoms with E-state index in [-0.39, 0.29) is 29.4 Å². The van der Waals surface area contributed by atoms with E-state index in [1.807, 2.05) is 20.8 Å². The van der Waals surface area contributed by atoms with Crippen molar-refractivity contribution in [1.82, 2.24) is 9.88 Å². The predicted octanol–water partition coefficient (Wildman–Crippen LogP) is 2.53. The van der Waals surface area contributed by atoms with Crippen LogP contribution in [0.25, 0.3) is 0 Å². The molecular weight excluding hydrogens is 342 g/mol. The van der Waals surface area contributed by atoms with Gasteiger partial charge in [0.05, 0.1) is 6.42 Å². The molecule has 1 aromatic rings. The van der Waals surface area contributed by atoms with Crippen LogP contribution in [0.4, 0.5) is 0 Å². The van der Waals surface area contributed by atoms with Crippen molar-refractivity contribution in [3.63, 3.8) is 0 Å². The maximum Gasteiger partial charge on any atom is 0.240 e. The van der Waals surface area contributed by atoms with Gasteiger partial charge >= 0.3 is 0 Å². The first-order valence-electron chi connectivity index (χ1n) is 9.81. The minimum atomic E-state index is -0.707. The average Bonchev–Trinajstić information content (AvgIpc) is 2.77. The summed E-state index contributed by atoms with van der Waals surface area (Å²) in [6.07, 6.45) is 2.36. The molecule has 6 nitrogen and oxygen atoms in total. The zero-order valence-electron chi connectivity index (χ0n) is 17.4. The second-order valence-corrected chi connectivity index (χ2v) is 8.85. The molecule has 1 aromatic heterocycles. The van der Waals surface area contributed by atoms with E-state index in [0.717, 1.165) is 41.9 Å². The summed E-state index contributed by atoms with van der Waals surface area (Å²) in [5.74, 6) is -0.797. The number of amides is 2. The van der Waals surface area contributed by atoms with Crippen LogP contribution in [0.2, 0.25) is 0 Å². The fraction of sp³-hybridized carbons (Fsp3) is 0.667. The van der Waals surface area contributed by atoms with Crippen molar-refractivity contribution >= 4 is 17.6 Å². The SMILES string of the molecule is CCCn1c(C)c(CC(=O)N[C@H](C(N)=O)C(C)C)c2c1CC(C)(C)CC2=O. The molecule has 0 saturated carbocycles. The number of hydrogen-bond donors (Lipinski definition) is 2. The van der Waals surface area contributed by atoms with Crippen molar-refractivity contribution < 1.29 is 14.4 Å². The molecule has 150 valence electrons. The molecule has 0 spiro atoms. The number of nitrogens with two attached hydrogens (primary N) is 1. The van der Waals surface area contributed by atoms with E-state index < -0.39 is 11.9 Å². The summed E-state index contributed by atoms with van der Waals surface area (Å²) in [4.78, 5) is 37.1. The van der Waals surface area contributed by atoms with E-state index in [1.54, 1.807) is 0 Å². The zero-order chi connectivity index (χ0) is 20.5. The van der Waals surface area contributed by atoms with Gasteiger partial charge in [-0.05, 0) is 36.7 Å². The molecule has 6 heteroatoms. The smallest absolute Gasteiger partial charge is 0.240 e. The highest BCUT2D eigenvalue weighted by molar-refractivity contribution is 6.02. The number of rotatable bonds is 7. The molecule has 0 bridgehead atoms. The summed E-state index contributed by atoms with van der Waals surface area (Å²) in [7, 11) is 0. The number of carbonyl (C=O) groups excluding carboxylic acids is 3. The van der Waals surface area contributed by atoms with Crippen LogP contribution in [0.5, 0.6) is 0 Å². The normalized spacial score (nSPS) is 16.9. The van der Waals surface area contributed by atoms with E-state index >= 15 is 0 Å². The number of carbonyl (C=O) groups is 3. The van der Waals surface area contributed by atoms with Gasteiger partial charge in [0.15, 0.2) is 5.78 Å². The Morgan fingerprint density at radius 1 is 1.26 bits per heavy atom. The number of hydrogen-bond acceptors (Lipinski definition) is 3. The fourth-order valence-electron chi connectivity index (χ4n) is 4.10. The Kier molecular flexibility index (Phi) is 6.17. The molecule has 0 saturated heterocycles. The van der Waals surface area contributed by atoms with Crippen LogP contribution < -0.4 is 11.1 Å². The highest BCUT2D eigenvalue weighted by atomic mass is 16.2. The molecule has 0 unspecified atom stereocenters. The molecular formula is C21H33N3O3. The summed E-state index contributed by atoms with van der Waals surface area (Å²) in [6, 6.07) is -0.707. The number of fused-ring (bicyclic) bond motifs is 1. The van der Waals surface area contributed by atoms with Gasteiger partial charge in [-0.1, -0.05) is 34.6 Å². The van der Waals surface area contributed by atoms with Gasteiger partial charge in [-0.15, -0.1) is 0 Å². The molecule has 1 aliphatic carbocycles. The average molecular weight is 376 g/mol. The Morgan fingerprint density at radius 3 is 2.41 bits per heavy atom. The second-order valence-electron chi connectivity index (χ2n) is 8.85. The lowest BCUT2D eigenvalue weighted by Gasteiger charge is -2.30. The topological polar surface area (TPSA) is 94.2 Å². The summed E-state index contributed by atoms with van der Waals surface area (Å²) in [5.41, 5.74) is 8.87. The second kappa shape index (κ2) is 7.87. The molecule has 27 heavy (non-hydrogen) atoms. The molecule has 0 aliphatic heterocycles. The van der Waals surface area contributed by atoms with Crippen LogP contribution in [0.15, 0.2) is 0 Å². The summed E-state index contributed by atoms with van der Waals surface area (Å²) in [6.45, 7) is 12.8. The highest BCUT2D eigenvalue weighted by Crippen LogP contribution is 2.39. The fourth-order valence-corrected chi connectivity index (χ4v) is 4.10. The quantitative estimate of drug-likeness (QED) is 0.767. The van der Waals surface area contributed by atoms with Crippen LogP contribution >= 0.6 is 0 Å². The van der Waals surface area contributed by atoms with Crippen molar-refractivity contribution in [3.05, 3.63) is 22.5 Å². The first-order valence-corrected chi connectivity index (χ1v) is 9.81. The standard InChI is InChI=1S/C21H33N3O3/c1-7-8-24-13(4)14(9-17(26)23-19(12(2)3)20(22)27)18-15(24)10-21(5,6)11-16(18)25/h12,19H,7-11H2,1-6H3,(H2,22,27)(H,23,26)/t19-/m0/s1. The zero-order valence-corrected chi connectivity index (χ0v) is 17.4. The number of aromatic nitrogens is 1. The van der Waals surface area contributed by atoms with Gasteiger partial charge < -0.3 is 15.6 Å². The molecule has 0 aromatic carbocycles. The summed E-state index contributed by atoms with van der Waals surface area (Å²) < 4.78 is 2.20. The maximum atomic E-state index is 12.9. The number of primary amides is 1. The first kappa shape index (κ1) is 21.2. The number of Topliss-reactive ketones (excluding diaryl/α,β-unsaturated/α-hetero) is 1. The molecule has 1 atom stereocenters. The molecule has 2 amide bonds. The summed E-state index contributed by atoms with van der Waals surface area (Å²) >= 11 is 0. The lowest BCUT2D eigenvalue weighted by Crippen LogP contribution is -2.48. The lowest BCUT2D eigenvalue weighted by molar-refractivity contribution is -0.127. The number of nitrogens with zero attached hydrogens (tertiary/aromatic N) is 1. The van der Waals surface area contributed by atoms with Gasteiger partial charge in [-0.2, -0.15) is 0 Å². The van der Waals surface area contributed by atoms with Crippen molar-refractivity contribution in [2.75, 3.05) is 0 Å². The Hall–Kier alpha value is -2.11. The van der Waals surface area contributed by atoms with Gasteiger partial charge in [0.1, 0.15) is 6.04 Å². The Morgan fingerprint density at radius 2 is 1.89 bits per heavy atom. The molecule has 1 heterocycles. The third-order valence-corrected chi connectivity index (χ3v) is 5.40. The van der Waals surface area contributed by atoms with Crippen molar-refractivity contribution in [1.29, 1.82) is 0 Å². The molecule has 0 radical (unpaired) electrons. The Bertz CT molecular complexity index is 759. The van der Waals surface area contributed by atoms with Gasteiger partial charge in [-0.3, -0.25) is 14.4 Å². The van der Waals surface area contributed by atoms with Gasteiger partial charge in [0.25, 0.3) is 0 Å². The van der Waals surface area contributed by atoms with Gasteiger partial charge in [0, 0.05) is 29.9 Å². The monoisotopic (exact) mass is 375 g/mol. The molecule has 3 N–H and O–H groups in total. The third kappa shape index (κ3) is 4.42. The number of ketones is 1. The van der Waals surface area contributed by atoms with E-state index in [2.05, 4.69) is 30.7 Å². The Labute approximate surface area is 161 Å². The predicted molar refractivity (Wildman–Crippen MR) is 106 cm³/mol. The van der Waals surface area contributed by atoms with Crippen molar-refractivity contribution in [3.8, 4) is 0 Å². The molecule has 0 fully saturated rings. The van der Waals surface area contributed by atoms with Crippen LogP contribution in [-0.2, 0) is 29.0 Å². The van der Waals surface area contributed by atoms with E-state index in [0.29, 0.717) is 6.42 Å². The van der Waals surface area contributed by atoms with Gasteiger partial charge in [0.2, 0.25) is 11.8 Å². The van der Waals surface area contributed by atoms with Crippen LogP contribution in [0.1, 0.15) is 74.8 Å². The lowest BCUT2D eigenvalue weighted by atomic mass is 9.75. The third-order valence-electron chi connectivity index (χ3n) is 5.40. The van der Waals surface area contributed by atoms with Crippen molar-refractivity contribution in [2.24, 2.45) is 17.1 Å². The highest BCUT2D eigenvalue weighted by Gasteiger charge is 2.37. The maximum absolute atomic E-state index is 12.9. The molecule has 2 rings (SSSR count). The minimum absolute atomic E-state index is 0.0748. The summed E-state index contributed by atoms with van der Waals surface area (Å²) in [5, 5.41) is 2.74. The first-order chi connectivity index (χ1) is 12.5. The van der Waals surface area contributed by atoms with E-state index in [4.69, 9.17) is 5.73 Å². The van der Waals surface area contributed by atoms with E-state index in [1.165, 1.54) is 0 Å². The van der Waals surface area contributed by atoms with E-state index in [9.17, 15) is 14.4 Å². The van der Waals surface area contributed by atoms with Crippen LogP contribution in [0, 0.1) is 18.3 Å². The largest absolute Gasteiger partial charge is 0.368 e. The number of nitrogens with one attached hydrogen (secondary N) is 1. The Balaban J connectivity index is 2.39. The minimum Gasteiger partial charge on any atom is -0.368 e.